The van der Waals surface area contributed by atoms with Crippen LogP contribution in [0.5, 0.6) is 0 Å². The number of thiocarbonyl (C=S) groups is 1. The number of methoxy groups -OCH3 is 1. The standard InChI is InChI=1S/C20H23N3O6S/c1-27-11-12-29-18(25)9-8-17(24)23-20(30)22-15-6-4-14(5-7-15)19(26)21-13-16-3-2-10-28-16/h2-7,10H,8-9,11-13H2,1H3,(H,21,26)(H2,22,23,24,30). The maximum atomic E-state index is 12.1. The summed E-state index contributed by atoms with van der Waals surface area (Å²) in [5.41, 5.74) is 1.07. The molecular formula is C20H23N3O6S. The summed E-state index contributed by atoms with van der Waals surface area (Å²) in [7, 11) is 1.50. The van der Waals surface area contributed by atoms with Gasteiger partial charge < -0.3 is 29.8 Å². The van der Waals surface area contributed by atoms with Crippen molar-refractivity contribution in [2.24, 2.45) is 0 Å². The molecule has 0 spiro atoms. The van der Waals surface area contributed by atoms with Gasteiger partial charge in [0.05, 0.1) is 25.8 Å². The van der Waals surface area contributed by atoms with Crippen molar-refractivity contribution < 1.29 is 28.3 Å². The fraction of sp³-hybridized carbons (Fsp3) is 0.300. The molecule has 2 aromatic rings. The zero-order valence-corrected chi connectivity index (χ0v) is 17.3. The summed E-state index contributed by atoms with van der Waals surface area (Å²) in [6.07, 6.45) is 1.43. The number of benzene rings is 1. The van der Waals surface area contributed by atoms with Gasteiger partial charge in [0.2, 0.25) is 5.91 Å². The van der Waals surface area contributed by atoms with Crippen LogP contribution in [0.2, 0.25) is 0 Å². The van der Waals surface area contributed by atoms with Crippen molar-refractivity contribution in [2.45, 2.75) is 19.4 Å². The van der Waals surface area contributed by atoms with Crippen LogP contribution in [-0.2, 0) is 25.6 Å². The van der Waals surface area contributed by atoms with Gasteiger partial charge in [0, 0.05) is 24.8 Å². The minimum Gasteiger partial charge on any atom is -0.467 e. The molecule has 0 aliphatic rings. The second-order valence-electron chi connectivity index (χ2n) is 6.05. The summed E-state index contributed by atoms with van der Waals surface area (Å²) in [5.74, 6) is -0.482. The third kappa shape index (κ3) is 8.41. The molecule has 0 aliphatic heterocycles. The van der Waals surface area contributed by atoms with Crippen LogP contribution in [0.25, 0.3) is 0 Å². The molecule has 0 atom stereocenters. The van der Waals surface area contributed by atoms with Crippen LogP contribution >= 0.6 is 12.2 Å². The van der Waals surface area contributed by atoms with Crippen molar-refractivity contribution >= 4 is 40.8 Å². The average Bonchev–Trinajstić information content (AvgIpc) is 3.25. The third-order valence-corrected chi connectivity index (χ3v) is 3.97. The largest absolute Gasteiger partial charge is 0.467 e. The Morgan fingerprint density at radius 3 is 2.50 bits per heavy atom. The Labute approximate surface area is 179 Å². The van der Waals surface area contributed by atoms with E-state index in [0.717, 1.165) is 0 Å². The summed E-state index contributed by atoms with van der Waals surface area (Å²) in [6, 6.07) is 10.1. The first-order chi connectivity index (χ1) is 14.5. The Kier molecular flexibility index (Phi) is 9.49. The van der Waals surface area contributed by atoms with E-state index in [4.69, 9.17) is 26.1 Å². The SMILES string of the molecule is COCCOC(=O)CCC(=O)NC(=S)Nc1ccc(C(=O)NCc2ccco2)cc1. The van der Waals surface area contributed by atoms with Crippen molar-refractivity contribution in [2.75, 3.05) is 25.6 Å². The number of nitrogens with one attached hydrogen (secondary N) is 3. The van der Waals surface area contributed by atoms with Gasteiger partial charge in [-0.15, -0.1) is 0 Å². The predicted octanol–water partition coefficient (Wildman–Crippen LogP) is 1.99. The monoisotopic (exact) mass is 433 g/mol. The van der Waals surface area contributed by atoms with Crippen LogP contribution in [0.4, 0.5) is 5.69 Å². The number of carbonyl (C=O) groups excluding carboxylic acids is 3. The molecular weight excluding hydrogens is 410 g/mol. The molecule has 0 fully saturated rings. The van der Waals surface area contributed by atoms with Crippen molar-refractivity contribution in [3.8, 4) is 0 Å². The molecule has 1 aromatic heterocycles. The number of anilines is 1. The Hall–Kier alpha value is -3.24. The van der Waals surface area contributed by atoms with Gasteiger partial charge in [-0.2, -0.15) is 0 Å². The lowest BCUT2D eigenvalue weighted by molar-refractivity contribution is -0.146. The van der Waals surface area contributed by atoms with E-state index >= 15 is 0 Å². The topological polar surface area (TPSA) is 119 Å². The lowest BCUT2D eigenvalue weighted by Gasteiger charge is -2.10. The molecule has 10 heteroatoms. The van der Waals surface area contributed by atoms with Crippen molar-refractivity contribution in [3.05, 3.63) is 54.0 Å². The number of esters is 1. The number of hydrogen-bond acceptors (Lipinski definition) is 7. The van der Waals surface area contributed by atoms with Gasteiger partial charge in [-0.05, 0) is 48.6 Å². The number of amides is 2. The zero-order valence-electron chi connectivity index (χ0n) is 16.4. The first kappa shape index (κ1) is 23.0. The molecule has 2 rings (SSSR count). The summed E-state index contributed by atoms with van der Waals surface area (Å²) in [4.78, 5) is 35.4. The fourth-order valence-electron chi connectivity index (χ4n) is 2.27. The smallest absolute Gasteiger partial charge is 0.306 e. The highest BCUT2D eigenvalue weighted by Crippen LogP contribution is 2.10. The molecule has 0 unspecified atom stereocenters. The Balaban J connectivity index is 1.71. The maximum Gasteiger partial charge on any atom is 0.306 e. The van der Waals surface area contributed by atoms with Gasteiger partial charge >= 0.3 is 5.97 Å². The summed E-state index contributed by atoms with van der Waals surface area (Å²) < 4.78 is 14.8. The van der Waals surface area contributed by atoms with Gasteiger partial charge in [-0.1, -0.05) is 0 Å². The van der Waals surface area contributed by atoms with E-state index in [0.29, 0.717) is 30.2 Å². The fourth-order valence-corrected chi connectivity index (χ4v) is 2.50. The average molecular weight is 433 g/mol. The Morgan fingerprint density at radius 2 is 1.83 bits per heavy atom. The number of rotatable bonds is 10. The quantitative estimate of drug-likeness (QED) is 0.296. The van der Waals surface area contributed by atoms with Crippen LogP contribution in [0.1, 0.15) is 29.0 Å². The highest BCUT2D eigenvalue weighted by atomic mass is 32.1. The first-order valence-corrected chi connectivity index (χ1v) is 9.55. The van der Waals surface area contributed by atoms with Gasteiger partial charge in [0.1, 0.15) is 12.4 Å². The van der Waals surface area contributed by atoms with Crippen LogP contribution in [-0.4, -0.2) is 43.2 Å². The molecule has 0 bridgehead atoms. The molecule has 0 radical (unpaired) electrons. The number of furan rings is 1. The van der Waals surface area contributed by atoms with Crippen LogP contribution in [0.15, 0.2) is 47.1 Å². The van der Waals surface area contributed by atoms with Crippen molar-refractivity contribution in [3.63, 3.8) is 0 Å². The molecule has 0 saturated carbocycles. The Morgan fingerprint density at radius 1 is 1.07 bits per heavy atom. The lowest BCUT2D eigenvalue weighted by Crippen LogP contribution is -2.34. The zero-order chi connectivity index (χ0) is 21.8. The van der Waals surface area contributed by atoms with Crippen molar-refractivity contribution in [1.82, 2.24) is 10.6 Å². The Bertz CT molecular complexity index is 852. The van der Waals surface area contributed by atoms with Crippen LogP contribution in [0.3, 0.4) is 0 Å². The van der Waals surface area contributed by atoms with Gasteiger partial charge in [-0.3, -0.25) is 14.4 Å². The van der Waals surface area contributed by atoms with E-state index in [1.165, 1.54) is 13.4 Å². The molecule has 160 valence electrons. The first-order valence-electron chi connectivity index (χ1n) is 9.14. The van der Waals surface area contributed by atoms with E-state index in [9.17, 15) is 14.4 Å². The molecule has 30 heavy (non-hydrogen) atoms. The minimum atomic E-state index is -0.484. The van der Waals surface area contributed by atoms with E-state index in [1.807, 2.05) is 0 Å². The number of carbonyl (C=O) groups is 3. The second-order valence-corrected chi connectivity index (χ2v) is 6.46. The molecule has 0 aliphatic carbocycles. The second kappa shape index (κ2) is 12.3. The maximum absolute atomic E-state index is 12.1. The van der Waals surface area contributed by atoms with E-state index in [-0.39, 0.29) is 30.5 Å². The normalized spacial score (nSPS) is 10.2. The van der Waals surface area contributed by atoms with Gasteiger partial charge in [-0.25, -0.2) is 0 Å². The highest BCUT2D eigenvalue weighted by molar-refractivity contribution is 7.80. The number of hydrogen-bond donors (Lipinski definition) is 3. The van der Waals surface area contributed by atoms with E-state index < -0.39 is 11.9 Å². The summed E-state index contributed by atoms with van der Waals surface area (Å²) in [5, 5.41) is 8.16. The van der Waals surface area contributed by atoms with E-state index in [2.05, 4.69) is 16.0 Å². The molecule has 1 heterocycles. The molecule has 0 saturated heterocycles. The van der Waals surface area contributed by atoms with Gasteiger partial charge in [0.25, 0.3) is 5.91 Å². The van der Waals surface area contributed by atoms with Crippen molar-refractivity contribution in [1.29, 1.82) is 0 Å². The summed E-state index contributed by atoms with van der Waals surface area (Å²) in [6.45, 7) is 0.742. The number of ether oxygens (including phenoxy) is 2. The molecule has 3 N–H and O–H groups in total. The predicted molar refractivity (Wildman–Crippen MR) is 113 cm³/mol. The molecule has 9 nitrogen and oxygen atoms in total. The van der Waals surface area contributed by atoms with E-state index in [1.54, 1.807) is 36.4 Å². The summed E-state index contributed by atoms with van der Waals surface area (Å²) >= 11 is 5.08. The van der Waals surface area contributed by atoms with Crippen LogP contribution < -0.4 is 16.0 Å². The third-order valence-electron chi connectivity index (χ3n) is 3.77. The van der Waals surface area contributed by atoms with Gasteiger partial charge in [0.15, 0.2) is 5.11 Å². The minimum absolute atomic E-state index is 0.0532. The lowest BCUT2D eigenvalue weighted by atomic mass is 10.2. The molecule has 1 aromatic carbocycles. The van der Waals surface area contributed by atoms with Crippen LogP contribution in [0, 0.1) is 0 Å². The highest BCUT2D eigenvalue weighted by Gasteiger charge is 2.10. The molecule has 2 amide bonds.